The number of carbonyl (C=O) groups is 1. The molecule has 24 heavy (non-hydrogen) atoms. The second kappa shape index (κ2) is 5.96. The molecule has 1 N–H and O–H groups in total. The Morgan fingerprint density at radius 2 is 1.92 bits per heavy atom. The number of rotatable bonds is 3. The van der Waals surface area contributed by atoms with E-state index < -0.39 is 16.5 Å². The molecule has 2 aromatic carbocycles. The molecule has 0 radical (unpaired) electrons. The highest BCUT2D eigenvalue weighted by molar-refractivity contribution is 6.04. The maximum absolute atomic E-state index is 12.4. The van der Waals surface area contributed by atoms with Gasteiger partial charge in [-0.05, 0) is 25.1 Å². The number of aromatic nitrogens is 1. The Labute approximate surface area is 135 Å². The first-order valence-corrected chi connectivity index (χ1v) is 7.05. The highest BCUT2D eigenvalue weighted by Gasteiger charge is 2.16. The van der Waals surface area contributed by atoms with Gasteiger partial charge in [-0.25, -0.2) is 4.79 Å². The van der Waals surface area contributed by atoms with Gasteiger partial charge in [-0.3, -0.25) is 14.9 Å². The van der Waals surface area contributed by atoms with Gasteiger partial charge in [0.25, 0.3) is 5.69 Å². The molecule has 1 heterocycles. The van der Waals surface area contributed by atoms with Crippen molar-refractivity contribution in [1.29, 1.82) is 0 Å². The van der Waals surface area contributed by atoms with Gasteiger partial charge in [0.15, 0.2) is 0 Å². The minimum absolute atomic E-state index is 0.0589. The zero-order valence-electron chi connectivity index (χ0n) is 12.6. The highest BCUT2D eigenvalue weighted by atomic mass is 16.6. The van der Waals surface area contributed by atoms with Crippen molar-refractivity contribution in [3.8, 4) is 5.75 Å². The van der Waals surface area contributed by atoms with E-state index in [2.05, 4.69) is 4.98 Å². The van der Waals surface area contributed by atoms with Gasteiger partial charge < -0.3 is 9.72 Å². The van der Waals surface area contributed by atoms with Gasteiger partial charge in [-0.1, -0.05) is 18.2 Å². The van der Waals surface area contributed by atoms with Crippen LogP contribution in [0.2, 0.25) is 0 Å². The summed E-state index contributed by atoms with van der Waals surface area (Å²) in [6, 6.07) is 12.1. The topological polar surface area (TPSA) is 102 Å². The SMILES string of the molecule is Cc1cc(OC(=O)c2cc(=O)[nH]c3ccccc23)ccc1[N+](=O)[O-]. The Bertz CT molecular complexity index is 1020. The molecule has 7 heteroatoms. The van der Waals surface area contributed by atoms with Crippen molar-refractivity contribution in [3.05, 3.63) is 80.1 Å². The average Bonchev–Trinajstić information content (AvgIpc) is 2.53. The summed E-state index contributed by atoms with van der Waals surface area (Å²) in [5, 5.41) is 11.4. The van der Waals surface area contributed by atoms with Crippen LogP contribution in [-0.2, 0) is 0 Å². The van der Waals surface area contributed by atoms with Crippen LogP contribution in [-0.4, -0.2) is 15.9 Å². The number of aryl methyl sites for hydroxylation is 1. The van der Waals surface area contributed by atoms with E-state index in [4.69, 9.17) is 4.74 Å². The smallest absolute Gasteiger partial charge is 0.344 e. The lowest BCUT2D eigenvalue weighted by molar-refractivity contribution is -0.385. The fourth-order valence-electron chi connectivity index (χ4n) is 2.43. The predicted octanol–water partition coefficient (Wildman–Crippen LogP) is 2.96. The molecule has 0 aliphatic carbocycles. The summed E-state index contributed by atoms with van der Waals surface area (Å²) in [5.41, 5.74) is 0.556. The van der Waals surface area contributed by atoms with Crippen molar-refractivity contribution in [2.24, 2.45) is 0 Å². The molecule has 0 atom stereocenters. The molecule has 0 saturated carbocycles. The summed E-state index contributed by atoms with van der Waals surface area (Å²) in [6.07, 6.45) is 0. The minimum atomic E-state index is -0.703. The number of nitrogens with zero attached hydrogens (tertiary/aromatic N) is 1. The number of nitro benzene ring substituents is 1. The summed E-state index contributed by atoms with van der Waals surface area (Å²) < 4.78 is 5.26. The summed E-state index contributed by atoms with van der Waals surface area (Å²) >= 11 is 0. The lowest BCUT2D eigenvalue weighted by atomic mass is 10.1. The van der Waals surface area contributed by atoms with Crippen molar-refractivity contribution in [2.45, 2.75) is 6.92 Å². The van der Waals surface area contributed by atoms with Gasteiger partial charge in [0.1, 0.15) is 5.75 Å². The second-order valence-electron chi connectivity index (χ2n) is 5.19. The molecular formula is C17H12N2O5. The van der Waals surface area contributed by atoms with Crippen LogP contribution in [0, 0.1) is 17.0 Å². The number of aromatic amines is 1. The number of para-hydroxylation sites is 1. The van der Waals surface area contributed by atoms with E-state index >= 15 is 0 Å². The van der Waals surface area contributed by atoms with Crippen molar-refractivity contribution >= 4 is 22.6 Å². The molecule has 0 spiro atoms. The molecule has 0 aliphatic rings. The molecule has 0 fully saturated rings. The number of benzene rings is 2. The number of hydrogen-bond donors (Lipinski definition) is 1. The van der Waals surface area contributed by atoms with Crippen LogP contribution in [0.1, 0.15) is 15.9 Å². The molecule has 1 aromatic heterocycles. The van der Waals surface area contributed by atoms with E-state index in [1.807, 2.05) is 0 Å². The van der Waals surface area contributed by atoms with Gasteiger partial charge in [0.2, 0.25) is 5.56 Å². The van der Waals surface area contributed by atoms with Crippen LogP contribution in [0.25, 0.3) is 10.9 Å². The van der Waals surface area contributed by atoms with Crippen LogP contribution in [0.5, 0.6) is 5.75 Å². The third kappa shape index (κ3) is 2.87. The Morgan fingerprint density at radius 3 is 2.62 bits per heavy atom. The quantitative estimate of drug-likeness (QED) is 0.345. The maximum Gasteiger partial charge on any atom is 0.344 e. The first-order valence-electron chi connectivity index (χ1n) is 7.05. The van der Waals surface area contributed by atoms with E-state index in [9.17, 15) is 19.7 Å². The molecule has 3 aromatic rings. The molecule has 7 nitrogen and oxygen atoms in total. The number of H-pyrrole nitrogens is 1. The average molecular weight is 324 g/mol. The molecular weight excluding hydrogens is 312 g/mol. The van der Waals surface area contributed by atoms with Gasteiger partial charge in [0.05, 0.1) is 10.5 Å². The van der Waals surface area contributed by atoms with Gasteiger partial charge in [-0.15, -0.1) is 0 Å². The second-order valence-corrected chi connectivity index (χ2v) is 5.19. The van der Waals surface area contributed by atoms with Crippen molar-refractivity contribution < 1.29 is 14.5 Å². The van der Waals surface area contributed by atoms with E-state index in [1.54, 1.807) is 31.2 Å². The van der Waals surface area contributed by atoms with E-state index in [-0.39, 0.29) is 17.0 Å². The number of ether oxygens (including phenoxy) is 1. The summed E-state index contributed by atoms with van der Waals surface area (Å²) in [6.45, 7) is 1.55. The lowest BCUT2D eigenvalue weighted by Gasteiger charge is -2.07. The minimum Gasteiger partial charge on any atom is -0.423 e. The van der Waals surface area contributed by atoms with Crippen LogP contribution in [0.4, 0.5) is 5.69 Å². The summed E-state index contributed by atoms with van der Waals surface area (Å²) in [7, 11) is 0. The molecule has 0 bridgehead atoms. The van der Waals surface area contributed by atoms with Gasteiger partial charge in [-0.2, -0.15) is 0 Å². The van der Waals surface area contributed by atoms with Crippen LogP contribution in [0.3, 0.4) is 0 Å². The molecule has 0 unspecified atom stereocenters. The summed E-state index contributed by atoms with van der Waals surface area (Å²) in [4.78, 5) is 37.0. The molecule has 120 valence electrons. The molecule has 0 aliphatic heterocycles. The number of hydrogen-bond acceptors (Lipinski definition) is 5. The number of pyridine rings is 1. The number of esters is 1. The van der Waals surface area contributed by atoms with Crippen molar-refractivity contribution in [3.63, 3.8) is 0 Å². The standard InChI is InChI=1S/C17H12N2O5/c1-10-8-11(6-7-15(10)19(22)23)24-17(21)13-9-16(20)18-14-5-3-2-4-12(13)14/h2-9H,1H3,(H,18,20). The lowest BCUT2D eigenvalue weighted by Crippen LogP contribution is -2.15. The Balaban J connectivity index is 1.98. The Kier molecular flexibility index (Phi) is 3.83. The number of nitro groups is 1. The van der Waals surface area contributed by atoms with E-state index in [0.29, 0.717) is 16.5 Å². The third-order valence-electron chi connectivity index (χ3n) is 3.55. The Hall–Kier alpha value is -3.48. The number of carbonyl (C=O) groups excluding carboxylic acids is 1. The fourth-order valence-corrected chi connectivity index (χ4v) is 2.43. The van der Waals surface area contributed by atoms with Crippen LogP contribution >= 0.6 is 0 Å². The van der Waals surface area contributed by atoms with Crippen LogP contribution < -0.4 is 10.3 Å². The first-order chi connectivity index (χ1) is 11.5. The zero-order valence-corrected chi connectivity index (χ0v) is 12.6. The maximum atomic E-state index is 12.4. The van der Waals surface area contributed by atoms with Gasteiger partial charge >= 0.3 is 5.97 Å². The zero-order chi connectivity index (χ0) is 17.3. The summed E-state index contributed by atoms with van der Waals surface area (Å²) in [5.74, 6) is -0.530. The normalized spacial score (nSPS) is 10.5. The van der Waals surface area contributed by atoms with E-state index in [1.165, 1.54) is 24.3 Å². The highest BCUT2D eigenvalue weighted by Crippen LogP contribution is 2.24. The molecule has 3 rings (SSSR count). The van der Waals surface area contributed by atoms with Gasteiger partial charge in [0, 0.05) is 28.6 Å². The largest absolute Gasteiger partial charge is 0.423 e. The predicted molar refractivity (Wildman–Crippen MR) is 87.4 cm³/mol. The van der Waals surface area contributed by atoms with Crippen molar-refractivity contribution in [2.75, 3.05) is 0 Å². The monoisotopic (exact) mass is 324 g/mol. The number of fused-ring (bicyclic) bond motifs is 1. The third-order valence-corrected chi connectivity index (χ3v) is 3.55. The fraction of sp³-hybridized carbons (Fsp3) is 0.0588. The van der Waals surface area contributed by atoms with Crippen LogP contribution in [0.15, 0.2) is 53.3 Å². The Morgan fingerprint density at radius 1 is 1.17 bits per heavy atom. The first kappa shape index (κ1) is 15.4. The molecule has 0 amide bonds. The van der Waals surface area contributed by atoms with E-state index in [0.717, 1.165) is 0 Å². The number of nitrogens with one attached hydrogen (secondary N) is 1. The molecule has 0 saturated heterocycles. The van der Waals surface area contributed by atoms with Crippen molar-refractivity contribution in [1.82, 2.24) is 4.98 Å².